The van der Waals surface area contributed by atoms with Crippen LogP contribution < -0.4 is 0 Å². The molecule has 0 atom stereocenters. The Morgan fingerprint density at radius 2 is 0.733 bits per heavy atom. The summed E-state index contributed by atoms with van der Waals surface area (Å²) in [5, 5.41) is 7.12. The second-order valence-electron chi connectivity index (χ2n) is 15.3. The fourth-order valence-corrected chi connectivity index (χ4v) is 8.94. The van der Waals surface area contributed by atoms with E-state index in [0.717, 1.165) is 60.9 Å². The fourth-order valence-electron chi connectivity index (χ4n) is 8.94. The third-order valence-corrected chi connectivity index (χ3v) is 11.8. The van der Waals surface area contributed by atoms with E-state index in [-0.39, 0.29) is 0 Å². The Hall–Kier alpha value is -8.15. The van der Waals surface area contributed by atoms with Crippen LogP contribution in [0.4, 0.5) is 0 Å². The maximum atomic E-state index is 5.31. The van der Waals surface area contributed by atoms with Crippen LogP contribution in [0, 0.1) is 0 Å². The lowest BCUT2D eigenvalue weighted by molar-refractivity contribution is 0.953. The summed E-state index contributed by atoms with van der Waals surface area (Å²) >= 11 is 0. The lowest BCUT2D eigenvalue weighted by Gasteiger charge is -2.12. The minimum atomic E-state index is 0.564. The highest BCUT2D eigenvalue weighted by Gasteiger charge is 2.21. The molecule has 0 aliphatic rings. The summed E-state index contributed by atoms with van der Waals surface area (Å²) in [7, 11) is 0. The van der Waals surface area contributed by atoms with Gasteiger partial charge >= 0.3 is 0 Å². The van der Waals surface area contributed by atoms with E-state index in [0.29, 0.717) is 17.6 Å². The van der Waals surface area contributed by atoms with Crippen molar-refractivity contribution in [3.05, 3.63) is 212 Å². The maximum absolute atomic E-state index is 5.31. The van der Waals surface area contributed by atoms with Gasteiger partial charge in [0.2, 0.25) is 5.95 Å². The van der Waals surface area contributed by atoms with Crippen molar-refractivity contribution in [1.29, 1.82) is 0 Å². The smallest absolute Gasteiger partial charge is 0.238 e. The van der Waals surface area contributed by atoms with E-state index in [1.165, 1.54) is 32.6 Å². The van der Waals surface area contributed by atoms with Crippen LogP contribution in [0.1, 0.15) is 0 Å². The van der Waals surface area contributed by atoms with Crippen LogP contribution in [0.15, 0.2) is 212 Å². The number of fused-ring (bicyclic) bond motifs is 8. The molecule has 5 nitrogen and oxygen atoms in total. The third kappa shape index (κ3) is 5.52. The monoisotopic (exact) mass is 765 g/mol. The van der Waals surface area contributed by atoms with Gasteiger partial charge in [-0.05, 0) is 69.4 Å². The van der Waals surface area contributed by atoms with Gasteiger partial charge in [0.15, 0.2) is 11.6 Å². The van der Waals surface area contributed by atoms with Gasteiger partial charge in [-0.1, -0.05) is 176 Å². The molecule has 280 valence electrons. The number of aromatic nitrogens is 5. The zero-order chi connectivity index (χ0) is 39.6. The molecule has 0 aliphatic heterocycles. The molecule has 5 heteroatoms. The summed E-state index contributed by atoms with van der Waals surface area (Å²) in [6.07, 6.45) is 0. The summed E-state index contributed by atoms with van der Waals surface area (Å²) < 4.78 is 4.61. The van der Waals surface area contributed by atoms with Crippen molar-refractivity contribution in [2.45, 2.75) is 0 Å². The molecule has 0 saturated heterocycles. The number of hydrogen-bond donors (Lipinski definition) is 0. The molecule has 12 rings (SSSR count). The quantitative estimate of drug-likeness (QED) is 0.169. The fraction of sp³-hybridized carbons (Fsp3) is 0. The van der Waals surface area contributed by atoms with Crippen LogP contribution in [-0.2, 0) is 0 Å². The summed E-state index contributed by atoms with van der Waals surface area (Å²) in [4.78, 5) is 15.8. The van der Waals surface area contributed by atoms with Gasteiger partial charge in [0, 0.05) is 38.4 Å². The Balaban J connectivity index is 1.10. The van der Waals surface area contributed by atoms with E-state index in [4.69, 9.17) is 15.0 Å². The second-order valence-corrected chi connectivity index (χ2v) is 15.3. The van der Waals surface area contributed by atoms with Crippen LogP contribution in [-0.4, -0.2) is 24.1 Å². The molecule has 0 radical (unpaired) electrons. The van der Waals surface area contributed by atoms with Gasteiger partial charge in [-0.15, -0.1) is 0 Å². The molecule has 0 N–H and O–H groups in total. The summed E-state index contributed by atoms with van der Waals surface area (Å²) in [5.41, 5.74) is 11.9. The SMILES string of the molecule is c1ccc(-c2ccc(-c3nc(-c4ccc(-c5ccccc5)cc4)nc(-n4c5ccc(-n6c7ccccc7c7ccccc76)cc5c5c6ccccc6ccc54)n3)cc2)cc1. The maximum Gasteiger partial charge on any atom is 0.238 e. The average Bonchev–Trinajstić information content (AvgIpc) is 3.85. The van der Waals surface area contributed by atoms with E-state index >= 15 is 0 Å². The summed E-state index contributed by atoms with van der Waals surface area (Å²) in [5.74, 6) is 1.79. The van der Waals surface area contributed by atoms with Crippen LogP contribution in [0.5, 0.6) is 0 Å². The van der Waals surface area contributed by atoms with E-state index in [2.05, 4.69) is 209 Å². The molecule has 0 aliphatic carbocycles. The predicted molar refractivity (Wildman–Crippen MR) is 248 cm³/mol. The Bertz CT molecular complexity index is 3410. The zero-order valence-electron chi connectivity index (χ0n) is 32.4. The highest BCUT2D eigenvalue weighted by molar-refractivity contribution is 6.21. The Morgan fingerprint density at radius 3 is 1.32 bits per heavy atom. The highest BCUT2D eigenvalue weighted by Crippen LogP contribution is 2.40. The molecular weight excluding hydrogens is 731 g/mol. The normalized spacial score (nSPS) is 11.7. The number of hydrogen-bond acceptors (Lipinski definition) is 3. The first-order valence-electron chi connectivity index (χ1n) is 20.3. The second kappa shape index (κ2) is 13.8. The van der Waals surface area contributed by atoms with Crippen LogP contribution in [0.2, 0.25) is 0 Å². The molecule has 60 heavy (non-hydrogen) atoms. The minimum Gasteiger partial charge on any atom is -0.309 e. The van der Waals surface area contributed by atoms with Crippen molar-refractivity contribution >= 4 is 54.4 Å². The molecule has 0 spiro atoms. The number of nitrogens with zero attached hydrogens (tertiary/aromatic N) is 5. The molecule has 0 bridgehead atoms. The van der Waals surface area contributed by atoms with Crippen molar-refractivity contribution < 1.29 is 0 Å². The predicted octanol–water partition coefficient (Wildman–Crippen LogP) is 13.9. The van der Waals surface area contributed by atoms with Gasteiger partial charge in [-0.3, -0.25) is 4.57 Å². The molecule has 0 amide bonds. The number of para-hydroxylation sites is 2. The van der Waals surface area contributed by atoms with Crippen molar-refractivity contribution in [1.82, 2.24) is 24.1 Å². The van der Waals surface area contributed by atoms with Crippen LogP contribution in [0.3, 0.4) is 0 Å². The largest absolute Gasteiger partial charge is 0.309 e. The Kier molecular flexibility index (Phi) is 7.78. The van der Waals surface area contributed by atoms with Gasteiger partial charge in [0.1, 0.15) is 0 Å². The molecule has 9 aromatic carbocycles. The van der Waals surface area contributed by atoms with Crippen LogP contribution in [0.25, 0.3) is 111 Å². The van der Waals surface area contributed by atoms with Gasteiger partial charge in [-0.2, -0.15) is 9.97 Å². The van der Waals surface area contributed by atoms with Gasteiger partial charge in [0.25, 0.3) is 0 Å². The van der Waals surface area contributed by atoms with Gasteiger partial charge in [-0.25, -0.2) is 4.98 Å². The molecule has 3 aromatic heterocycles. The number of benzene rings is 9. The van der Waals surface area contributed by atoms with Crippen molar-refractivity contribution in [2.24, 2.45) is 0 Å². The average molecular weight is 766 g/mol. The summed E-state index contributed by atoms with van der Waals surface area (Å²) in [6.45, 7) is 0. The van der Waals surface area contributed by atoms with Crippen molar-refractivity contribution in [2.75, 3.05) is 0 Å². The Labute approximate surface area is 346 Å². The van der Waals surface area contributed by atoms with Crippen molar-refractivity contribution in [3.8, 4) is 56.7 Å². The molecule has 0 unspecified atom stereocenters. The third-order valence-electron chi connectivity index (χ3n) is 11.8. The minimum absolute atomic E-state index is 0.564. The lowest BCUT2D eigenvalue weighted by atomic mass is 10.0. The van der Waals surface area contributed by atoms with Crippen molar-refractivity contribution in [3.63, 3.8) is 0 Å². The van der Waals surface area contributed by atoms with E-state index in [1.54, 1.807) is 0 Å². The Morgan fingerprint density at radius 1 is 0.283 bits per heavy atom. The topological polar surface area (TPSA) is 48.5 Å². The van der Waals surface area contributed by atoms with Crippen LogP contribution >= 0.6 is 0 Å². The zero-order valence-corrected chi connectivity index (χ0v) is 32.4. The number of rotatable bonds is 6. The first-order chi connectivity index (χ1) is 29.7. The standard InChI is InChI=1S/C55H35N5/c1-3-13-36(14-4-1)38-23-27-41(28-24-38)53-56-54(42-29-25-39(26-30-42)37-15-5-2-6-16-37)58-55(57-53)60-50-34-32-43(35-47(50)52-44-18-8-7-17-40(44)31-33-51(52)60)59-48-21-11-9-19-45(48)46-20-10-12-22-49(46)59/h1-35H. The molecular formula is C55H35N5. The molecule has 3 heterocycles. The molecule has 12 aromatic rings. The van der Waals surface area contributed by atoms with Gasteiger partial charge < -0.3 is 4.57 Å². The lowest BCUT2D eigenvalue weighted by Crippen LogP contribution is -2.06. The van der Waals surface area contributed by atoms with E-state index in [9.17, 15) is 0 Å². The first kappa shape index (κ1) is 33.9. The highest BCUT2D eigenvalue weighted by atomic mass is 15.2. The molecule has 0 saturated carbocycles. The van der Waals surface area contributed by atoms with E-state index in [1.807, 2.05) is 12.1 Å². The van der Waals surface area contributed by atoms with Gasteiger partial charge in [0.05, 0.1) is 22.1 Å². The summed E-state index contributed by atoms with van der Waals surface area (Å²) in [6, 6.07) is 75.1. The molecule has 0 fully saturated rings. The first-order valence-corrected chi connectivity index (χ1v) is 20.3. The van der Waals surface area contributed by atoms with E-state index < -0.39 is 0 Å².